The number of benzene rings is 1. The third-order valence-electron chi connectivity index (χ3n) is 3.19. The number of nitrogens with one attached hydrogen (secondary N) is 1. The monoisotopic (exact) mass is 334 g/mol. The molecule has 0 aliphatic carbocycles. The van der Waals surface area contributed by atoms with Crippen LogP contribution in [0.15, 0.2) is 12.1 Å². The minimum Gasteiger partial charge on any atom is -0.493 e. The van der Waals surface area contributed by atoms with Crippen LogP contribution >= 0.6 is 0 Å². The molecule has 0 saturated heterocycles. The first-order chi connectivity index (χ1) is 11.3. The Morgan fingerprint density at radius 2 is 1.75 bits per heavy atom. The van der Waals surface area contributed by atoms with Crippen LogP contribution in [0.5, 0.6) is 11.5 Å². The Hall–Kier alpha value is -3.36. The van der Waals surface area contributed by atoms with Crippen molar-refractivity contribution in [2.24, 2.45) is 0 Å². The van der Waals surface area contributed by atoms with Crippen LogP contribution in [-0.4, -0.2) is 47.3 Å². The Morgan fingerprint density at radius 3 is 2.21 bits per heavy atom. The molecular formula is C15H14N2O7. The van der Waals surface area contributed by atoms with E-state index in [1.54, 1.807) is 0 Å². The first-order valence-corrected chi connectivity index (χ1v) is 6.64. The fourth-order valence-corrected chi connectivity index (χ4v) is 2.28. The zero-order valence-corrected chi connectivity index (χ0v) is 13.0. The van der Waals surface area contributed by atoms with E-state index in [0.29, 0.717) is 0 Å². The normalized spacial score (nSPS) is 10.3. The van der Waals surface area contributed by atoms with Gasteiger partial charge in [0.2, 0.25) is 5.91 Å². The maximum Gasteiger partial charge on any atom is 0.354 e. The van der Waals surface area contributed by atoms with Gasteiger partial charge in [-0.2, -0.15) is 0 Å². The van der Waals surface area contributed by atoms with Gasteiger partial charge in [-0.25, -0.2) is 14.6 Å². The number of fused-ring (bicyclic) bond motifs is 1. The van der Waals surface area contributed by atoms with Crippen LogP contribution in [0.2, 0.25) is 0 Å². The summed E-state index contributed by atoms with van der Waals surface area (Å²) in [6.45, 7) is 1.25. The van der Waals surface area contributed by atoms with Gasteiger partial charge in [-0.1, -0.05) is 0 Å². The van der Waals surface area contributed by atoms with Gasteiger partial charge in [0.1, 0.15) is 11.2 Å². The lowest BCUT2D eigenvalue weighted by Crippen LogP contribution is -2.12. The van der Waals surface area contributed by atoms with Crippen LogP contribution in [0.1, 0.15) is 27.8 Å². The molecule has 0 aliphatic heterocycles. The van der Waals surface area contributed by atoms with Crippen molar-refractivity contribution in [3.63, 3.8) is 0 Å². The average molecular weight is 334 g/mol. The smallest absolute Gasteiger partial charge is 0.354 e. The number of nitrogens with zero attached hydrogens (tertiary/aromatic N) is 1. The number of hydrogen-bond donors (Lipinski definition) is 3. The highest BCUT2D eigenvalue weighted by molar-refractivity contribution is 6.14. The van der Waals surface area contributed by atoms with E-state index in [4.69, 9.17) is 14.6 Å². The lowest BCUT2D eigenvalue weighted by molar-refractivity contribution is -0.114. The average Bonchev–Trinajstić information content (AvgIpc) is 2.52. The van der Waals surface area contributed by atoms with E-state index < -0.39 is 23.5 Å². The van der Waals surface area contributed by atoms with Crippen LogP contribution in [0.3, 0.4) is 0 Å². The van der Waals surface area contributed by atoms with Crippen molar-refractivity contribution in [2.45, 2.75) is 6.92 Å². The summed E-state index contributed by atoms with van der Waals surface area (Å²) in [4.78, 5) is 38.2. The summed E-state index contributed by atoms with van der Waals surface area (Å²) in [6, 6.07) is 2.31. The molecule has 1 heterocycles. The van der Waals surface area contributed by atoms with Crippen molar-refractivity contribution < 1.29 is 34.1 Å². The molecular weight excluding hydrogens is 320 g/mol. The largest absolute Gasteiger partial charge is 0.493 e. The number of carboxylic acid groups (broad SMARTS) is 2. The van der Waals surface area contributed by atoms with Gasteiger partial charge >= 0.3 is 11.9 Å². The number of aromatic carboxylic acids is 2. The number of carbonyl (C=O) groups is 3. The molecule has 9 nitrogen and oxygen atoms in total. The van der Waals surface area contributed by atoms with Crippen molar-refractivity contribution in [2.75, 3.05) is 19.5 Å². The Balaban J connectivity index is 3.04. The lowest BCUT2D eigenvalue weighted by atomic mass is 10.0. The number of ether oxygens (including phenoxy) is 2. The molecule has 1 aromatic heterocycles. The molecule has 0 spiro atoms. The number of pyridine rings is 1. The maximum atomic E-state index is 11.6. The lowest BCUT2D eigenvalue weighted by Gasteiger charge is -2.16. The van der Waals surface area contributed by atoms with E-state index in [1.807, 2.05) is 0 Å². The van der Waals surface area contributed by atoms with Gasteiger partial charge in [0.15, 0.2) is 11.5 Å². The number of anilines is 1. The molecule has 1 amide bonds. The quantitative estimate of drug-likeness (QED) is 0.750. The third-order valence-corrected chi connectivity index (χ3v) is 3.19. The van der Waals surface area contributed by atoms with Gasteiger partial charge in [0.25, 0.3) is 0 Å². The number of carbonyl (C=O) groups excluding carboxylic acids is 1. The first-order valence-electron chi connectivity index (χ1n) is 6.64. The number of methoxy groups -OCH3 is 2. The predicted molar refractivity (Wildman–Crippen MR) is 83.1 cm³/mol. The highest BCUT2D eigenvalue weighted by atomic mass is 16.5. The van der Waals surface area contributed by atoms with Crippen LogP contribution in [0, 0.1) is 0 Å². The van der Waals surface area contributed by atoms with Crippen LogP contribution in [-0.2, 0) is 4.79 Å². The Bertz CT molecular complexity index is 861. The maximum absolute atomic E-state index is 11.6. The van der Waals surface area contributed by atoms with Gasteiger partial charge in [-0.3, -0.25) is 4.79 Å². The number of aromatic nitrogens is 1. The van der Waals surface area contributed by atoms with Gasteiger partial charge in [0.05, 0.1) is 25.5 Å². The molecule has 2 aromatic rings. The summed E-state index contributed by atoms with van der Waals surface area (Å²) in [5.41, 5.74) is -0.725. The molecule has 1 aromatic carbocycles. The van der Waals surface area contributed by atoms with Gasteiger partial charge in [-0.05, 0) is 6.07 Å². The number of rotatable bonds is 5. The molecule has 3 N–H and O–H groups in total. The number of amides is 1. The van der Waals surface area contributed by atoms with E-state index in [0.717, 1.165) is 6.07 Å². The summed E-state index contributed by atoms with van der Waals surface area (Å²) >= 11 is 0. The topological polar surface area (TPSA) is 135 Å². The zero-order chi connectivity index (χ0) is 18.0. The molecule has 0 saturated carbocycles. The molecule has 0 atom stereocenters. The minimum absolute atomic E-state index is 0.0420. The molecule has 9 heteroatoms. The van der Waals surface area contributed by atoms with Crippen molar-refractivity contribution in [3.8, 4) is 11.5 Å². The van der Waals surface area contributed by atoms with Crippen molar-refractivity contribution in [3.05, 3.63) is 23.4 Å². The molecule has 24 heavy (non-hydrogen) atoms. The van der Waals surface area contributed by atoms with E-state index >= 15 is 0 Å². The van der Waals surface area contributed by atoms with Crippen molar-refractivity contribution in [1.82, 2.24) is 4.98 Å². The van der Waals surface area contributed by atoms with E-state index in [1.165, 1.54) is 27.2 Å². The van der Waals surface area contributed by atoms with Gasteiger partial charge in [-0.15, -0.1) is 0 Å². The summed E-state index contributed by atoms with van der Waals surface area (Å²) < 4.78 is 10.3. The summed E-state index contributed by atoms with van der Waals surface area (Å²) in [5.74, 6) is -2.98. The van der Waals surface area contributed by atoms with Gasteiger partial charge in [0, 0.05) is 18.4 Å². The van der Waals surface area contributed by atoms with Crippen molar-refractivity contribution in [1.29, 1.82) is 0 Å². The SMILES string of the molecule is COc1cc(NC(C)=O)c2c(C(=O)O)cc(C(=O)O)nc2c1OC. The fraction of sp³-hybridized carbons (Fsp3) is 0.200. The molecule has 126 valence electrons. The van der Waals surface area contributed by atoms with Crippen LogP contribution in [0.4, 0.5) is 5.69 Å². The third kappa shape index (κ3) is 2.91. The Kier molecular flexibility index (Phi) is 4.54. The Labute approximate surface area is 135 Å². The Morgan fingerprint density at radius 1 is 1.08 bits per heavy atom. The van der Waals surface area contributed by atoms with E-state index in [-0.39, 0.29) is 33.7 Å². The van der Waals surface area contributed by atoms with Crippen molar-refractivity contribution >= 4 is 34.4 Å². The number of hydrogen-bond acceptors (Lipinski definition) is 6. The molecule has 0 bridgehead atoms. The highest BCUT2D eigenvalue weighted by Gasteiger charge is 2.24. The van der Waals surface area contributed by atoms with Crippen LogP contribution < -0.4 is 14.8 Å². The first kappa shape index (κ1) is 17.0. The highest BCUT2D eigenvalue weighted by Crippen LogP contribution is 2.41. The summed E-state index contributed by atoms with van der Waals surface area (Å²) in [6.07, 6.45) is 0. The fourth-order valence-electron chi connectivity index (χ4n) is 2.28. The second kappa shape index (κ2) is 6.41. The molecule has 2 rings (SSSR count). The molecule has 0 aliphatic rings. The standard InChI is InChI=1S/C15H14N2O7/c1-6(18)16-8-5-10(23-2)13(24-3)12-11(8)7(14(19)20)4-9(17-12)15(21)22/h4-5H,1-3H3,(H,16,18)(H,19,20)(H,21,22). The summed E-state index contributed by atoms with van der Waals surface area (Å²) in [5, 5.41) is 21.1. The zero-order valence-electron chi connectivity index (χ0n) is 13.0. The second-order valence-corrected chi connectivity index (χ2v) is 4.73. The number of carboxylic acids is 2. The molecule has 0 unspecified atom stereocenters. The van der Waals surface area contributed by atoms with E-state index in [2.05, 4.69) is 10.3 Å². The second-order valence-electron chi connectivity index (χ2n) is 4.73. The van der Waals surface area contributed by atoms with Gasteiger partial charge < -0.3 is 25.0 Å². The summed E-state index contributed by atoms with van der Waals surface area (Å²) in [7, 11) is 2.66. The molecule has 0 radical (unpaired) electrons. The predicted octanol–water partition coefficient (Wildman–Crippen LogP) is 1.61. The molecule has 0 fully saturated rings. The minimum atomic E-state index is -1.40. The van der Waals surface area contributed by atoms with Crippen LogP contribution in [0.25, 0.3) is 10.9 Å². The van der Waals surface area contributed by atoms with E-state index in [9.17, 15) is 19.5 Å².